The third-order valence-corrected chi connectivity index (χ3v) is 4.49. The largest absolute Gasteiger partial charge is 0.493 e. The first-order valence-electron chi connectivity index (χ1n) is 7.20. The molecule has 0 saturated heterocycles. The molecule has 0 aliphatic heterocycles. The summed E-state index contributed by atoms with van der Waals surface area (Å²) in [6.07, 6.45) is -0.818. The molecule has 7 heteroatoms. The summed E-state index contributed by atoms with van der Waals surface area (Å²) in [5.74, 6) is -0.172. The molecule has 0 aliphatic carbocycles. The zero-order chi connectivity index (χ0) is 17.1. The van der Waals surface area contributed by atoms with Gasteiger partial charge in [0.1, 0.15) is 11.7 Å². The molecule has 2 aromatic heterocycles. The molecular formula is C17H15NO5S. The molecule has 0 fully saturated rings. The number of carbonyl (C=O) groups is 1. The summed E-state index contributed by atoms with van der Waals surface area (Å²) in [7, 11) is 1.47. The summed E-state index contributed by atoms with van der Waals surface area (Å²) in [6.45, 7) is 0.00886. The number of aliphatic hydroxyl groups excluding tert-OH is 1. The van der Waals surface area contributed by atoms with Crippen LogP contribution in [0.2, 0.25) is 0 Å². The average molecular weight is 345 g/mol. The van der Waals surface area contributed by atoms with Gasteiger partial charge in [0.2, 0.25) is 0 Å². The molecule has 0 radical (unpaired) electrons. The maximum Gasteiger partial charge on any atom is 0.349 e. The Hall–Kier alpha value is -2.64. The van der Waals surface area contributed by atoms with Gasteiger partial charge in [-0.25, -0.2) is 4.79 Å². The number of ether oxygens (including phenoxy) is 1. The second-order valence-corrected chi connectivity index (χ2v) is 6.05. The fourth-order valence-electron chi connectivity index (χ4n) is 2.30. The van der Waals surface area contributed by atoms with Crippen LogP contribution in [0.3, 0.4) is 0 Å². The van der Waals surface area contributed by atoms with Gasteiger partial charge >= 0.3 is 5.63 Å². The van der Waals surface area contributed by atoms with Crippen LogP contribution >= 0.6 is 11.3 Å². The van der Waals surface area contributed by atoms with Crippen molar-refractivity contribution in [3.8, 4) is 5.75 Å². The Morgan fingerprint density at radius 1 is 1.38 bits per heavy atom. The maximum atomic E-state index is 12.2. The van der Waals surface area contributed by atoms with Gasteiger partial charge in [-0.3, -0.25) is 4.79 Å². The third-order valence-electron chi connectivity index (χ3n) is 3.52. The van der Waals surface area contributed by atoms with Crippen molar-refractivity contribution in [1.29, 1.82) is 0 Å². The molecule has 1 aromatic carbocycles. The Bertz CT molecular complexity index is 916. The van der Waals surface area contributed by atoms with Crippen LogP contribution in [-0.2, 0) is 0 Å². The molecule has 1 atom stereocenters. The highest BCUT2D eigenvalue weighted by Crippen LogP contribution is 2.24. The number of hydrogen-bond donors (Lipinski definition) is 2. The summed E-state index contributed by atoms with van der Waals surface area (Å²) in [5.41, 5.74) is -0.579. The number of para-hydroxylation sites is 1. The van der Waals surface area contributed by atoms with Gasteiger partial charge in [0.05, 0.1) is 7.11 Å². The highest BCUT2D eigenvalue weighted by atomic mass is 32.1. The van der Waals surface area contributed by atoms with Crippen LogP contribution in [0.15, 0.2) is 51.0 Å². The molecule has 0 saturated carbocycles. The number of aliphatic hydroxyl groups is 1. The number of hydrogen-bond acceptors (Lipinski definition) is 6. The fourth-order valence-corrected chi connectivity index (χ4v) is 3.01. The zero-order valence-corrected chi connectivity index (χ0v) is 13.6. The summed E-state index contributed by atoms with van der Waals surface area (Å²) in [5, 5.41) is 15.0. The van der Waals surface area contributed by atoms with E-state index >= 15 is 0 Å². The monoisotopic (exact) mass is 345 g/mol. The van der Waals surface area contributed by atoms with E-state index in [2.05, 4.69) is 5.32 Å². The Kier molecular flexibility index (Phi) is 4.64. The van der Waals surface area contributed by atoms with Gasteiger partial charge in [-0.2, -0.15) is 0 Å². The quantitative estimate of drug-likeness (QED) is 0.693. The van der Waals surface area contributed by atoms with Crippen LogP contribution in [-0.4, -0.2) is 24.7 Å². The predicted molar refractivity (Wildman–Crippen MR) is 90.6 cm³/mol. The molecule has 2 heterocycles. The zero-order valence-electron chi connectivity index (χ0n) is 12.8. The first kappa shape index (κ1) is 16.2. The van der Waals surface area contributed by atoms with E-state index in [0.29, 0.717) is 16.7 Å². The average Bonchev–Trinajstić information content (AvgIpc) is 3.13. The Labute approximate surface area is 141 Å². The first-order chi connectivity index (χ1) is 11.6. The van der Waals surface area contributed by atoms with Crippen LogP contribution in [0.1, 0.15) is 21.3 Å². The van der Waals surface area contributed by atoms with Crippen LogP contribution < -0.4 is 15.7 Å². The molecule has 0 spiro atoms. The van der Waals surface area contributed by atoms with Crippen molar-refractivity contribution in [1.82, 2.24) is 5.32 Å². The highest BCUT2D eigenvalue weighted by molar-refractivity contribution is 7.10. The van der Waals surface area contributed by atoms with Crippen LogP contribution in [0.4, 0.5) is 0 Å². The molecule has 124 valence electrons. The molecule has 2 N–H and O–H groups in total. The van der Waals surface area contributed by atoms with E-state index in [9.17, 15) is 14.7 Å². The van der Waals surface area contributed by atoms with E-state index in [-0.39, 0.29) is 12.1 Å². The first-order valence-corrected chi connectivity index (χ1v) is 8.08. The second kappa shape index (κ2) is 6.86. The van der Waals surface area contributed by atoms with E-state index < -0.39 is 17.6 Å². The van der Waals surface area contributed by atoms with Crippen LogP contribution in [0, 0.1) is 0 Å². The standard InChI is InChI=1S/C17H15NO5S/c1-22-13-5-2-4-10-8-11(17(21)23-15(10)13)16(20)18-9-12(19)14-6-3-7-24-14/h2-8,12,19H,9H2,1H3,(H,18,20). The lowest BCUT2D eigenvalue weighted by atomic mass is 10.1. The highest BCUT2D eigenvalue weighted by Gasteiger charge is 2.17. The van der Waals surface area contributed by atoms with E-state index in [1.54, 1.807) is 24.3 Å². The molecule has 1 unspecified atom stereocenters. The molecule has 6 nitrogen and oxygen atoms in total. The second-order valence-electron chi connectivity index (χ2n) is 5.07. The predicted octanol–water partition coefficient (Wildman–Crippen LogP) is 2.33. The van der Waals surface area contributed by atoms with Gasteiger partial charge in [0.15, 0.2) is 11.3 Å². The minimum atomic E-state index is -0.818. The summed E-state index contributed by atoms with van der Waals surface area (Å²) in [6, 6.07) is 10.2. The summed E-state index contributed by atoms with van der Waals surface area (Å²) >= 11 is 1.39. The number of thiophene rings is 1. The lowest BCUT2D eigenvalue weighted by Gasteiger charge is -2.10. The number of benzene rings is 1. The van der Waals surface area contributed by atoms with Crippen molar-refractivity contribution in [3.63, 3.8) is 0 Å². The van der Waals surface area contributed by atoms with E-state index in [1.165, 1.54) is 24.5 Å². The number of methoxy groups -OCH3 is 1. The number of amides is 1. The summed E-state index contributed by atoms with van der Waals surface area (Å²) in [4.78, 5) is 25.0. The van der Waals surface area contributed by atoms with Crippen molar-refractivity contribution >= 4 is 28.2 Å². The minimum Gasteiger partial charge on any atom is -0.493 e. The van der Waals surface area contributed by atoms with Gasteiger partial charge in [-0.15, -0.1) is 11.3 Å². The Balaban J connectivity index is 1.82. The molecule has 3 aromatic rings. The topological polar surface area (TPSA) is 88.8 Å². The maximum absolute atomic E-state index is 12.2. The van der Waals surface area contributed by atoms with Crippen molar-refractivity contribution < 1.29 is 19.1 Å². The van der Waals surface area contributed by atoms with E-state index in [0.717, 1.165) is 4.88 Å². The van der Waals surface area contributed by atoms with Gasteiger partial charge in [-0.1, -0.05) is 18.2 Å². The fraction of sp³-hybridized carbons (Fsp3) is 0.176. The van der Waals surface area contributed by atoms with Gasteiger partial charge in [0, 0.05) is 16.8 Å². The van der Waals surface area contributed by atoms with Crippen molar-refractivity contribution in [2.24, 2.45) is 0 Å². The molecule has 24 heavy (non-hydrogen) atoms. The molecule has 0 aliphatic rings. The number of nitrogens with one attached hydrogen (secondary N) is 1. The smallest absolute Gasteiger partial charge is 0.349 e. The van der Waals surface area contributed by atoms with Crippen LogP contribution in [0.5, 0.6) is 5.75 Å². The molecule has 3 rings (SSSR count). The molecule has 0 bridgehead atoms. The van der Waals surface area contributed by atoms with Crippen molar-refractivity contribution in [2.75, 3.05) is 13.7 Å². The SMILES string of the molecule is COc1cccc2cc(C(=O)NCC(O)c3cccs3)c(=O)oc12. The van der Waals surface area contributed by atoms with Gasteiger partial charge in [0.25, 0.3) is 5.91 Å². The minimum absolute atomic E-state index is 0.00886. The van der Waals surface area contributed by atoms with E-state index in [1.807, 2.05) is 11.4 Å². The van der Waals surface area contributed by atoms with E-state index in [4.69, 9.17) is 9.15 Å². The Morgan fingerprint density at radius 2 is 2.21 bits per heavy atom. The van der Waals surface area contributed by atoms with Crippen molar-refractivity contribution in [2.45, 2.75) is 6.10 Å². The normalized spacial score (nSPS) is 12.1. The van der Waals surface area contributed by atoms with Gasteiger partial charge < -0.3 is 19.6 Å². The van der Waals surface area contributed by atoms with Crippen LogP contribution in [0.25, 0.3) is 11.0 Å². The molecule has 1 amide bonds. The lowest BCUT2D eigenvalue weighted by molar-refractivity contribution is 0.0914. The number of rotatable bonds is 5. The number of fused-ring (bicyclic) bond motifs is 1. The summed E-state index contributed by atoms with van der Waals surface area (Å²) < 4.78 is 10.4. The van der Waals surface area contributed by atoms with Gasteiger partial charge in [-0.05, 0) is 23.6 Å². The lowest BCUT2D eigenvalue weighted by Crippen LogP contribution is -2.31. The van der Waals surface area contributed by atoms with Crippen molar-refractivity contribution in [3.05, 3.63) is 62.6 Å². The Morgan fingerprint density at radius 3 is 2.92 bits per heavy atom. The molecular weight excluding hydrogens is 330 g/mol. The third kappa shape index (κ3) is 3.17. The number of carbonyl (C=O) groups excluding carboxylic acids is 1.